The van der Waals surface area contributed by atoms with Crippen molar-refractivity contribution in [3.05, 3.63) is 54.1 Å². The highest BCUT2D eigenvalue weighted by molar-refractivity contribution is 7.89. The second-order valence-corrected chi connectivity index (χ2v) is 10.1. The first kappa shape index (κ1) is 24.2. The standard InChI is InChI=1S/C23H29N3O4S2/c1-3-17(2)30-20-11-7-18(8-12-20)22(27)25-23(31)24-19-9-13-21(14-10-19)32(28,29)26-15-5-4-6-16-26/h7-14,17H,3-6,15-16H2,1-2H3,(H2,24,25,27,31). The van der Waals surface area contributed by atoms with Crippen LogP contribution in [0, 0.1) is 0 Å². The molecule has 1 aliphatic rings. The van der Waals surface area contributed by atoms with Crippen LogP contribution in [0.1, 0.15) is 49.9 Å². The number of carbonyl (C=O) groups excluding carboxylic acids is 1. The van der Waals surface area contributed by atoms with Gasteiger partial charge in [-0.05, 0) is 86.9 Å². The lowest BCUT2D eigenvalue weighted by Gasteiger charge is -2.25. The van der Waals surface area contributed by atoms with Crippen LogP contribution in [0.2, 0.25) is 0 Å². The third kappa shape index (κ3) is 6.27. The van der Waals surface area contributed by atoms with E-state index >= 15 is 0 Å². The van der Waals surface area contributed by atoms with Gasteiger partial charge in [-0.2, -0.15) is 4.31 Å². The van der Waals surface area contributed by atoms with Gasteiger partial charge in [-0.25, -0.2) is 8.42 Å². The van der Waals surface area contributed by atoms with Gasteiger partial charge in [0.2, 0.25) is 10.0 Å². The van der Waals surface area contributed by atoms with Gasteiger partial charge in [-0.3, -0.25) is 10.1 Å². The minimum atomic E-state index is -3.48. The van der Waals surface area contributed by atoms with Crippen LogP contribution in [0.5, 0.6) is 5.75 Å². The van der Waals surface area contributed by atoms with Gasteiger partial charge in [0.15, 0.2) is 5.11 Å². The fraction of sp³-hybridized carbons (Fsp3) is 0.391. The monoisotopic (exact) mass is 475 g/mol. The summed E-state index contributed by atoms with van der Waals surface area (Å²) in [5.41, 5.74) is 1.04. The second kappa shape index (κ2) is 10.9. The summed E-state index contributed by atoms with van der Waals surface area (Å²) in [6.45, 7) is 5.15. The predicted molar refractivity (Wildman–Crippen MR) is 130 cm³/mol. The Balaban J connectivity index is 1.56. The molecule has 1 unspecified atom stereocenters. The SMILES string of the molecule is CCC(C)Oc1ccc(C(=O)NC(=S)Nc2ccc(S(=O)(=O)N3CCCCC3)cc2)cc1. The van der Waals surface area contributed by atoms with Crippen LogP contribution in [-0.2, 0) is 10.0 Å². The molecule has 2 aromatic carbocycles. The zero-order chi connectivity index (χ0) is 23.1. The molecule has 7 nitrogen and oxygen atoms in total. The van der Waals surface area contributed by atoms with E-state index < -0.39 is 10.0 Å². The van der Waals surface area contributed by atoms with Crippen molar-refractivity contribution < 1.29 is 17.9 Å². The minimum Gasteiger partial charge on any atom is -0.491 e. The van der Waals surface area contributed by atoms with Crippen LogP contribution in [0.25, 0.3) is 0 Å². The van der Waals surface area contributed by atoms with Crippen molar-refractivity contribution in [3.8, 4) is 5.75 Å². The summed E-state index contributed by atoms with van der Waals surface area (Å²) in [6, 6.07) is 13.2. The van der Waals surface area contributed by atoms with Gasteiger partial charge < -0.3 is 10.1 Å². The highest BCUT2D eigenvalue weighted by Crippen LogP contribution is 2.22. The molecule has 2 aromatic rings. The summed E-state index contributed by atoms with van der Waals surface area (Å²) in [7, 11) is -3.48. The molecule has 1 heterocycles. The fourth-order valence-electron chi connectivity index (χ4n) is 3.30. The number of benzene rings is 2. The lowest BCUT2D eigenvalue weighted by Crippen LogP contribution is -2.35. The van der Waals surface area contributed by atoms with E-state index in [9.17, 15) is 13.2 Å². The molecule has 172 valence electrons. The number of rotatable bonds is 7. The Bertz CT molecular complexity index is 1030. The van der Waals surface area contributed by atoms with Crippen molar-refractivity contribution in [1.82, 2.24) is 9.62 Å². The van der Waals surface area contributed by atoms with E-state index in [2.05, 4.69) is 10.6 Å². The Hall–Kier alpha value is -2.49. The highest BCUT2D eigenvalue weighted by atomic mass is 32.2. The molecule has 2 N–H and O–H groups in total. The van der Waals surface area contributed by atoms with Crippen molar-refractivity contribution in [2.24, 2.45) is 0 Å². The zero-order valence-electron chi connectivity index (χ0n) is 18.3. The molecule has 0 spiro atoms. The number of anilines is 1. The Kier molecular flexibility index (Phi) is 8.22. The van der Waals surface area contributed by atoms with Gasteiger partial charge in [0, 0.05) is 24.3 Å². The average Bonchev–Trinajstić information content (AvgIpc) is 2.80. The van der Waals surface area contributed by atoms with Crippen LogP contribution in [0.3, 0.4) is 0 Å². The maximum Gasteiger partial charge on any atom is 0.257 e. The van der Waals surface area contributed by atoms with Crippen LogP contribution >= 0.6 is 12.2 Å². The number of nitrogens with one attached hydrogen (secondary N) is 2. The van der Waals surface area contributed by atoms with Crippen molar-refractivity contribution in [1.29, 1.82) is 0 Å². The summed E-state index contributed by atoms with van der Waals surface area (Å²) in [5.74, 6) is 0.359. The molecule has 1 amide bonds. The first-order valence-electron chi connectivity index (χ1n) is 10.8. The first-order chi connectivity index (χ1) is 15.3. The normalized spacial score (nSPS) is 15.6. The molecule has 0 radical (unpaired) electrons. The van der Waals surface area contributed by atoms with E-state index in [-0.39, 0.29) is 22.0 Å². The van der Waals surface area contributed by atoms with Gasteiger partial charge in [-0.1, -0.05) is 13.3 Å². The molecule has 1 fully saturated rings. The summed E-state index contributed by atoms with van der Waals surface area (Å²) in [5, 5.41) is 5.67. The van der Waals surface area contributed by atoms with Gasteiger partial charge in [0.1, 0.15) is 5.75 Å². The minimum absolute atomic E-state index is 0.104. The fourth-order valence-corrected chi connectivity index (χ4v) is 5.03. The number of sulfonamides is 1. The van der Waals surface area contributed by atoms with Crippen LogP contribution < -0.4 is 15.4 Å². The van der Waals surface area contributed by atoms with Crippen molar-refractivity contribution in [3.63, 3.8) is 0 Å². The van der Waals surface area contributed by atoms with Crippen LogP contribution in [-0.4, -0.2) is 42.9 Å². The number of ether oxygens (including phenoxy) is 1. The molecule has 32 heavy (non-hydrogen) atoms. The first-order valence-corrected chi connectivity index (χ1v) is 12.6. The molecule has 0 aromatic heterocycles. The molecule has 0 bridgehead atoms. The molecular formula is C23H29N3O4S2. The van der Waals surface area contributed by atoms with Gasteiger partial charge in [-0.15, -0.1) is 0 Å². The quantitative estimate of drug-likeness (QED) is 0.585. The molecule has 0 aliphatic carbocycles. The molecule has 1 saturated heterocycles. The molecule has 0 saturated carbocycles. The lowest BCUT2D eigenvalue weighted by atomic mass is 10.2. The average molecular weight is 476 g/mol. The number of hydrogen-bond acceptors (Lipinski definition) is 5. The third-order valence-corrected chi connectivity index (χ3v) is 7.44. The maximum atomic E-state index is 12.7. The molecule has 3 rings (SSSR count). The largest absolute Gasteiger partial charge is 0.491 e. The number of piperidine rings is 1. The predicted octanol–water partition coefficient (Wildman–Crippen LogP) is 4.17. The van der Waals surface area contributed by atoms with E-state index in [0.29, 0.717) is 30.1 Å². The van der Waals surface area contributed by atoms with Crippen molar-refractivity contribution >= 4 is 38.9 Å². The van der Waals surface area contributed by atoms with Gasteiger partial charge in [0.05, 0.1) is 11.0 Å². The lowest BCUT2D eigenvalue weighted by molar-refractivity contribution is 0.0977. The number of hydrogen-bond donors (Lipinski definition) is 2. The Morgan fingerprint density at radius 1 is 1.06 bits per heavy atom. The second-order valence-electron chi connectivity index (χ2n) is 7.76. The summed E-state index contributed by atoms with van der Waals surface area (Å²) < 4.78 is 32.7. The van der Waals surface area contributed by atoms with E-state index in [4.69, 9.17) is 17.0 Å². The Morgan fingerprint density at radius 2 is 1.69 bits per heavy atom. The number of amides is 1. The number of thiocarbonyl (C=S) groups is 1. The summed E-state index contributed by atoms with van der Waals surface area (Å²) >= 11 is 5.23. The Morgan fingerprint density at radius 3 is 2.28 bits per heavy atom. The van der Waals surface area contributed by atoms with Crippen LogP contribution in [0.15, 0.2) is 53.4 Å². The van der Waals surface area contributed by atoms with Gasteiger partial charge in [0.25, 0.3) is 5.91 Å². The topological polar surface area (TPSA) is 87.7 Å². The Labute approximate surface area is 195 Å². The summed E-state index contributed by atoms with van der Waals surface area (Å²) in [6.07, 6.45) is 3.84. The van der Waals surface area contributed by atoms with E-state index in [0.717, 1.165) is 25.7 Å². The van der Waals surface area contributed by atoms with E-state index in [1.54, 1.807) is 48.5 Å². The number of nitrogens with zero attached hydrogens (tertiary/aromatic N) is 1. The van der Waals surface area contributed by atoms with Gasteiger partial charge >= 0.3 is 0 Å². The molecule has 1 aliphatic heterocycles. The smallest absolute Gasteiger partial charge is 0.257 e. The van der Waals surface area contributed by atoms with Crippen LogP contribution in [0.4, 0.5) is 5.69 Å². The molecule has 9 heteroatoms. The van der Waals surface area contributed by atoms with Crippen molar-refractivity contribution in [2.45, 2.75) is 50.5 Å². The summed E-state index contributed by atoms with van der Waals surface area (Å²) in [4.78, 5) is 12.7. The van der Waals surface area contributed by atoms with Crippen molar-refractivity contribution in [2.75, 3.05) is 18.4 Å². The molecule has 1 atom stereocenters. The van der Waals surface area contributed by atoms with E-state index in [1.165, 1.54) is 4.31 Å². The third-order valence-electron chi connectivity index (χ3n) is 5.32. The van der Waals surface area contributed by atoms with E-state index in [1.807, 2.05) is 13.8 Å². The number of carbonyl (C=O) groups is 1. The molecular weight excluding hydrogens is 446 g/mol. The zero-order valence-corrected chi connectivity index (χ0v) is 20.0. The highest BCUT2D eigenvalue weighted by Gasteiger charge is 2.25. The maximum absolute atomic E-state index is 12.7.